The molecule has 0 saturated heterocycles. The van der Waals surface area contributed by atoms with E-state index in [-0.39, 0.29) is 29.4 Å². The van der Waals surface area contributed by atoms with E-state index in [4.69, 9.17) is 23.2 Å². The number of carbonyl (C=O) groups excluding carboxylic acids is 2. The lowest BCUT2D eigenvalue weighted by molar-refractivity contribution is -0.384. The first-order valence-corrected chi connectivity index (χ1v) is 15.7. The summed E-state index contributed by atoms with van der Waals surface area (Å²) < 4.78 is 26.8. The van der Waals surface area contributed by atoms with Crippen LogP contribution in [0, 0.1) is 17.0 Å². The van der Waals surface area contributed by atoms with Crippen molar-refractivity contribution in [1.29, 1.82) is 0 Å². The summed E-state index contributed by atoms with van der Waals surface area (Å²) in [6.07, 6.45) is 1.71. The third kappa shape index (κ3) is 8.67. The molecule has 0 saturated carbocycles. The lowest BCUT2D eigenvalue weighted by Crippen LogP contribution is -2.53. The Balaban J connectivity index is 2.12. The monoisotopic (exact) mass is 634 g/mol. The summed E-state index contributed by atoms with van der Waals surface area (Å²) in [4.78, 5) is 39.8. The second-order valence-corrected chi connectivity index (χ2v) is 12.5. The molecule has 0 heterocycles. The number of nitro groups is 1. The molecule has 1 unspecified atom stereocenters. The van der Waals surface area contributed by atoms with Gasteiger partial charge in [-0.1, -0.05) is 72.6 Å². The zero-order chi connectivity index (χ0) is 31.0. The van der Waals surface area contributed by atoms with Crippen molar-refractivity contribution < 1.29 is 22.9 Å². The summed E-state index contributed by atoms with van der Waals surface area (Å²) in [5, 5.41) is 14.9. The van der Waals surface area contributed by atoms with Crippen molar-refractivity contribution in [3.05, 3.63) is 104 Å². The van der Waals surface area contributed by atoms with Crippen LogP contribution in [0.3, 0.4) is 0 Å². The van der Waals surface area contributed by atoms with Crippen molar-refractivity contribution in [3.63, 3.8) is 0 Å². The molecule has 42 heavy (non-hydrogen) atoms. The largest absolute Gasteiger partial charge is 0.354 e. The summed E-state index contributed by atoms with van der Waals surface area (Å²) in [5.74, 6) is -1.12. The zero-order valence-electron chi connectivity index (χ0n) is 23.4. The van der Waals surface area contributed by atoms with Gasteiger partial charge in [-0.15, -0.1) is 0 Å². The predicted octanol–water partition coefficient (Wildman–Crippen LogP) is 5.14. The normalized spacial score (nSPS) is 11.9. The number of hydrogen-bond acceptors (Lipinski definition) is 6. The van der Waals surface area contributed by atoms with E-state index >= 15 is 0 Å². The molecule has 10 nitrogen and oxygen atoms in total. The number of carbonyl (C=O) groups is 2. The molecule has 1 atom stereocenters. The lowest BCUT2D eigenvalue weighted by Gasteiger charge is -2.34. The van der Waals surface area contributed by atoms with Crippen molar-refractivity contribution >= 4 is 56.4 Å². The van der Waals surface area contributed by atoms with E-state index in [0.717, 1.165) is 22.2 Å². The molecule has 1 N–H and O–H groups in total. The number of nitrogens with one attached hydrogen (secondary N) is 1. The minimum atomic E-state index is -4.10. The fourth-order valence-electron chi connectivity index (χ4n) is 4.33. The second kappa shape index (κ2) is 14.5. The smallest absolute Gasteiger partial charge is 0.271 e. The summed E-state index contributed by atoms with van der Waals surface area (Å²) in [5.41, 5.74) is 1.34. The van der Waals surface area contributed by atoms with Gasteiger partial charge in [0, 0.05) is 41.7 Å². The van der Waals surface area contributed by atoms with E-state index in [1.165, 1.54) is 23.1 Å². The van der Waals surface area contributed by atoms with Gasteiger partial charge in [-0.05, 0) is 42.2 Å². The molecule has 3 rings (SSSR count). The van der Waals surface area contributed by atoms with Gasteiger partial charge < -0.3 is 10.2 Å². The van der Waals surface area contributed by atoms with Crippen LogP contribution in [0.1, 0.15) is 30.0 Å². The minimum Gasteiger partial charge on any atom is -0.354 e. The SMILES string of the molecule is CCCNC(=O)C(Cc1ccccc1)N(Cc1ccc(Cl)cc1Cl)C(=O)CN(c1cc([N+](=O)[O-])ccc1C)S(C)(=O)=O. The highest BCUT2D eigenvalue weighted by Gasteiger charge is 2.34. The lowest BCUT2D eigenvalue weighted by atomic mass is 10.0. The number of benzene rings is 3. The fraction of sp³-hybridized carbons (Fsp3) is 0.310. The zero-order valence-corrected chi connectivity index (χ0v) is 25.7. The number of halogens is 2. The maximum Gasteiger partial charge on any atom is 0.271 e. The molecule has 0 aliphatic heterocycles. The van der Waals surface area contributed by atoms with Crippen molar-refractivity contribution in [2.45, 2.75) is 39.3 Å². The molecule has 0 aromatic heterocycles. The molecule has 0 fully saturated rings. The van der Waals surface area contributed by atoms with Crippen LogP contribution in [0.15, 0.2) is 66.7 Å². The number of aryl methyl sites for hydroxylation is 1. The molecular formula is C29H32Cl2N4O6S. The van der Waals surface area contributed by atoms with E-state index in [9.17, 15) is 28.1 Å². The van der Waals surface area contributed by atoms with Crippen LogP contribution in [0.2, 0.25) is 10.0 Å². The Bertz CT molecular complexity index is 1550. The summed E-state index contributed by atoms with van der Waals surface area (Å²) in [7, 11) is -4.10. The first-order valence-electron chi connectivity index (χ1n) is 13.1. The summed E-state index contributed by atoms with van der Waals surface area (Å²) in [6, 6.07) is 16.6. The van der Waals surface area contributed by atoms with Gasteiger partial charge in [0.15, 0.2) is 0 Å². The first kappa shape index (κ1) is 32.8. The van der Waals surface area contributed by atoms with Crippen LogP contribution in [0.4, 0.5) is 11.4 Å². The molecule has 0 aliphatic rings. The molecular weight excluding hydrogens is 603 g/mol. The van der Waals surface area contributed by atoms with Crippen molar-refractivity contribution in [2.24, 2.45) is 0 Å². The Labute approximate surface area is 255 Å². The number of hydrogen-bond donors (Lipinski definition) is 1. The van der Waals surface area contributed by atoms with Gasteiger partial charge in [0.1, 0.15) is 12.6 Å². The van der Waals surface area contributed by atoms with Crippen LogP contribution >= 0.6 is 23.2 Å². The predicted molar refractivity (Wildman–Crippen MR) is 164 cm³/mol. The average Bonchev–Trinajstić information content (AvgIpc) is 2.93. The molecule has 3 aromatic carbocycles. The third-order valence-electron chi connectivity index (χ3n) is 6.53. The molecule has 13 heteroatoms. The Kier molecular flexibility index (Phi) is 11.3. The van der Waals surface area contributed by atoms with E-state index in [0.29, 0.717) is 29.1 Å². The maximum atomic E-state index is 14.1. The molecule has 224 valence electrons. The van der Waals surface area contributed by atoms with Gasteiger partial charge in [-0.25, -0.2) is 8.42 Å². The Morgan fingerprint density at radius 1 is 1.05 bits per heavy atom. The summed E-state index contributed by atoms with van der Waals surface area (Å²) in [6.45, 7) is 3.02. The third-order valence-corrected chi connectivity index (χ3v) is 8.24. The Morgan fingerprint density at radius 3 is 2.33 bits per heavy atom. The van der Waals surface area contributed by atoms with Gasteiger partial charge in [0.25, 0.3) is 5.69 Å². The number of amides is 2. The topological polar surface area (TPSA) is 130 Å². The number of nitro benzene ring substituents is 1. The van der Waals surface area contributed by atoms with E-state index < -0.39 is 39.3 Å². The highest BCUT2D eigenvalue weighted by Crippen LogP contribution is 2.29. The van der Waals surface area contributed by atoms with Crippen molar-refractivity contribution in [1.82, 2.24) is 10.2 Å². The van der Waals surface area contributed by atoms with Gasteiger partial charge in [0.2, 0.25) is 21.8 Å². The number of nitrogens with zero attached hydrogens (tertiary/aromatic N) is 3. The van der Waals surface area contributed by atoms with Crippen molar-refractivity contribution in [3.8, 4) is 0 Å². The number of sulfonamides is 1. The molecule has 3 aromatic rings. The maximum absolute atomic E-state index is 14.1. The van der Waals surface area contributed by atoms with Gasteiger partial charge in [0.05, 0.1) is 16.9 Å². The molecule has 2 amide bonds. The Morgan fingerprint density at radius 2 is 1.74 bits per heavy atom. The standard InChI is InChI=1S/C29H32Cl2N4O6S/c1-4-14-32-29(37)27(15-21-8-6-5-7-9-21)33(18-22-11-12-23(30)16-25(22)31)28(36)19-34(42(3,40)41)26-17-24(35(38)39)13-10-20(26)2/h5-13,16-17,27H,4,14-15,18-19H2,1-3H3,(H,32,37). The van der Waals surface area contributed by atoms with E-state index in [1.807, 2.05) is 37.3 Å². The average molecular weight is 636 g/mol. The molecule has 0 aliphatic carbocycles. The number of non-ortho nitro benzene ring substituents is 1. The van der Waals surface area contributed by atoms with Crippen molar-refractivity contribution in [2.75, 3.05) is 23.7 Å². The quantitative estimate of drug-likeness (QED) is 0.205. The molecule has 0 bridgehead atoms. The molecule has 0 spiro atoms. The highest BCUT2D eigenvalue weighted by atomic mass is 35.5. The summed E-state index contributed by atoms with van der Waals surface area (Å²) >= 11 is 12.5. The van der Waals surface area contributed by atoms with Crippen LogP contribution in [0.5, 0.6) is 0 Å². The second-order valence-electron chi connectivity index (χ2n) is 9.75. The van der Waals surface area contributed by atoms with E-state index in [1.54, 1.807) is 19.1 Å². The number of rotatable bonds is 13. The van der Waals surface area contributed by atoms with Crippen LogP contribution < -0.4 is 9.62 Å². The van der Waals surface area contributed by atoms with E-state index in [2.05, 4.69) is 5.32 Å². The first-order chi connectivity index (χ1) is 19.8. The minimum absolute atomic E-state index is 0.0143. The fourth-order valence-corrected chi connectivity index (χ4v) is 5.70. The van der Waals surface area contributed by atoms with Gasteiger partial charge in [-0.3, -0.25) is 24.0 Å². The molecule has 0 radical (unpaired) electrons. The van der Waals surface area contributed by atoms with Gasteiger partial charge in [-0.2, -0.15) is 0 Å². The van der Waals surface area contributed by atoms with Crippen LogP contribution in [0.25, 0.3) is 0 Å². The number of anilines is 1. The van der Waals surface area contributed by atoms with Gasteiger partial charge >= 0.3 is 0 Å². The van der Waals surface area contributed by atoms with Crippen LogP contribution in [-0.4, -0.2) is 55.4 Å². The Hall–Kier alpha value is -3.67. The van der Waals surface area contributed by atoms with Crippen LogP contribution in [-0.2, 0) is 32.6 Å². The highest BCUT2D eigenvalue weighted by molar-refractivity contribution is 7.92.